The van der Waals surface area contributed by atoms with Crippen LogP contribution in [0.3, 0.4) is 0 Å². The van der Waals surface area contributed by atoms with Crippen molar-refractivity contribution >= 4 is 21.8 Å². The Morgan fingerprint density at radius 3 is 2.80 bits per heavy atom. The summed E-state index contributed by atoms with van der Waals surface area (Å²) in [5.41, 5.74) is 7.36. The Balaban J connectivity index is 2.06. The lowest BCUT2D eigenvalue weighted by molar-refractivity contribution is 0.0950. The zero-order chi connectivity index (χ0) is 14.5. The van der Waals surface area contributed by atoms with Crippen molar-refractivity contribution in [2.24, 2.45) is 5.73 Å². The average Bonchev–Trinajstić information content (AvgIpc) is 2.48. The molecule has 0 unspecified atom stereocenters. The van der Waals surface area contributed by atoms with Gasteiger partial charge >= 0.3 is 0 Å². The van der Waals surface area contributed by atoms with Gasteiger partial charge in [-0.25, -0.2) is 4.39 Å². The first-order chi connectivity index (χ1) is 9.60. The lowest BCUT2D eigenvalue weighted by atomic mass is 10.1. The van der Waals surface area contributed by atoms with Crippen molar-refractivity contribution in [2.45, 2.75) is 13.1 Å². The zero-order valence-corrected chi connectivity index (χ0v) is 12.3. The van der Waals surface area contributed by atoms with Crippen LogP contribution in [0.5, 0.6) is 0 Å². The molecular weight excluding hydrogens is 323 g/mol. The van der Waals surface area contributed by atoms with Crippen LogP contribution in [-0.2, 0) is 13.1 Å². The molecule has 0 spiro atoms. The summed E-state index contributed by atoms with van der Waals surface area (Å²) in [5, 5.41) is 2.69. The van der Waals surface area contributed by atoms with Crippen molar-refractivity contribution in [1.29, 1.82) is 0 Å². The molecule has 2 rings (SSSR count). The number of hydrogen-bond donors (Lipinski definition) is 2. The number of nitrogens with one attached hydrogen (secondary N) is 1. The fourth-order valence-electron chi connectivity index (χ4n) is 1.80. The number of halogens is 2. The minimum absolute atomic E-state index is 0.136. The van der Waals surface area contributed by atoms with E-state index in [0.29, 0.717) is 17.7 Å². The minimum Gasteiger partial charge on any atom is -0.348 e. The van der Waals surface area contributed by atoms with Gasteiger partial charge in [-0.1, -0.05) is 28.1 Å². The fourth-order valence-corrected chi connectivity index (χ4v) is 2.20. The van der Waals surface area contributed by atoms with Crippen LogP contribution in [0.2, 0.25) is 0 Å². The normalized spacial score (nSPS) is 10.3. The Hall–Kier alpha value is -1.72. The van der Waals surface area contributed by atoms with Gasteiger partial charge in [0.25, 0.3) is 5.91 Å². The highest BCUT2D eigenvalue weighted by molar-refractivity contribution is 9.10. The summed E-state index contributed by atoms with van der Waals surface area (Å²) in [6.45, 7) is 0.512. The smallest absolute Gasteiger partial charge is 0.251 e. The second-order valence-electron chi connectivity index (χ2n) is 4.32. The van der Waals surface area contributed by atoms with E-state index in [1.54, 1.807) is 30.3 Å². The maximum Gasteiger partial charge on any atom is 0.251 e. The fraction of sp³-hybridized carbons (Fsp3) is 0.133. The van der Waals surface area contributed by atoms with Gasteiger partial charge in [0.2, 0.25) is 0 Å². The first-order valence-corrected chi connectivity index (χ1v) is 6.90. The van der Waals surface area contributed by atoms with Gasteiger partial charge in [-0.2, -0.15) is 0 Å². The third-order valence-corrected chi connectivity index (χ3v) is 3.37. The van der Waals surface area contributed by atoms with Crippen molar-refractivity contribution in [1.82, 2.24) is 5.32 Å². The van der Waals surface area contributed by atoms with Crippen LogP contribution in [0.15, 0.2) is 46.9 Å². The SMILES string of the molecule is NCc1cccc(C(=O)NCc2cc(Br)ccc2F)c1. The molecule has 0 heterocycles. The van der Waals surface area contributed by atoms with E-state index in [4.69, 9.17) is 5.73 Å². The Labute approximate surface area is 125 Å². The van der Waals surface area contributed by atoms with E-state index < -0.39 is 0 Å². The molecule has 2 aromatic rings. The lowest BCUT2D eigenvalue weighted by Gasteiger charge is -2.08. The Kier molecular flexibility index (Phi) is 4.87. The second-order valence-corrected chi connectivity index (χ2v) is 5.24. The van der Waals surface area contributed by atoms with Crippen molar-refractivity contribution in [3.05, 3.63) is 69.4 Å². The van der Waals surface area contributed by atoms with Gasteiger partial charge in [0.15, 0.2) is 0 Å². The van der Waals surface area contributed by atoms with E-state index in [9.17, 15) is 9.18 Å². The van der Waals surface area contributed by atoms with Gasteiger partial charge in [-0.3, -0.25) is 4.79 Å². The number of amides is 1. The van der Waals surface area contributed by atoms with Crippen molar-refractivity contribution in [2.75, 3.05) is 0 Å². The topological polar surface area (TPSA) is 55.1 Å². The van der Waals surface area contributed by atoms with E-state index >= 15 is 0 Å². The highest BCUT2D eigenvalue weighted by atomic mass is 79.9. The number of carbonyl (C=O) groups excluding carboxylic acids is 1. The number of hydrogen-bond acceptors (Lipinski definition) is 2. The van der Waals surface area contributed by atoms with Crippen molar-refractivity contribution in [3.8, 4) is 0 Å². The summed E-state index contributed by atoms with van der Waals surface area (Å²) in [7, 11) is 0. The third kappa shape index (κ3) is 3.65. The molecule has 0 aliphatic carbocycles. The molecule has 3 N–H and O–H groups in total. The molecule has 20 heavy (non-hydrogen) atoms. The van der Waals surface area contributed by atoms with Gasteiger partial charge in [-0.05, 0) is 35.9 Å². The third-order valence-electron chi connectivity index (χ3n) is 2.87. The second kappa shape index (κ2) is 6.63. The number of benzene rings is 2. The molecule has 2 aromatic carbocycles. The molecule has 104 valence electrons. The van der Waals surface area contributed by atoms with Gasteiger partial charge in [-0.15, -0.1) is 0 Å². The molecule has 0 saturated heterocycles. The first-order valence-electron chi connectivity index (χ1n) is 6.11. The predicted molar refractivity (Wildman–Crippen MR) is 79.6 cm³/mol. The van der Waals surface area contributed by atoms with Crippen LogP contribution in [0.25, 0.3) is 0 Å². The summed E-state index contributed by atoms with van der Waals surface area (Å²) in [5.74, 6) is -0.594. The maximum atomic E-state index is 13.6. The summed E-state index contributed by atoms with van der Waals surface area (Å²) < 4.78 is 14.3. The molecule has 0 fully saturated rings. The van der Waals surface area contributed by atoms with E-state index in [1.807, 2.05) is 6.07 Å². The van der Waals surface area contributed by atoms with Crippen LogP contribution in [-0.4, -0.2) is 5.91 Å². The number of nitrogens with two attached hydrogens (primary N) is 1. The van der Waals surface area contributed by atoms with E-state index in [1.165, 1.54) is 6.07 Å². The molecule has 5 heteroatoms. The summed E-state index contributed by atoms with van der Waals surface area (Å²) in [6, 6.07) is 11.7. The molecular formula is C15H14BrFN2O. The van der Waals surface area contributed by atoms with Crippen LogP contribution in [0.4, 0.5) is 4.39 Å². The average molecular weight is 337 g/mol. The number of carbonyl (C=O) groups is 1. The molecule has 0 radical (unpaired) electrons. The van der Waals surface area contributed by atoms with Crippen molar-refractivity contribution < 1.29 is 9.18 Å². The Bertz CT molecular complexity index is 631. The predicted octanol–water partition coefficient (Wildman–Crippen LogP) is 2.98. The Morgan fingerprint density at radius 1 is 1.25 bits per heavy atom. The molecule has 0 aromatic heterocycles. The Morgan fingerprint density at radius 2 is 2.05 bits per heavy atom. The molecule has 0 aliphatic heterocycles. The zero-order valence-electron chi connectivity index (χ0n) is 10.7. The van der Waals surface area contributed by atoms with Crippen LogP contribution >= 0.6 is 15.9 Å². The van der Waals surface area contributed by atoms with Crippen LogP contribution in [0.1, 0.15) is 21.5 Å². The largest absolute Gasteiger partial charge is 0.348 e. The monoisotopic (exact) mass is 336 g/mol. The van der Waals surface area contributed by atoms with E-state index in [2.05, 4.69) is 21.2 Å². The molecule has 3 nitrogen and oxygen atoms in total. The highest BCUT2D eigenvalue weighted by Crippen LogP contribution is 2.15. The summed E-state index contributed by atoms with van der Waals surface area (Å²) in [6.07, 6.45) is 0. The summed E-state index contributed by atoms with van der Waals surface area (Å²) >= 11 is 3.27. The summed E-state index contributed by atoms with van der Waals surface area (Å²) in [4.78, 5) is 12.0. The van der Waals surface area contributed by atoms with Crippen LogP contribution < -0.4 is 11.1 Å². The van der Waals surface area contributed by atoms with Gasteiger partial charge in [0.1, 0.15) is 5.82 Å². The van der Waals surface area contributed by atoms with E-state index in [-0.39, 0.29) is 18.3 Å². The van der Waals surface area contributed by atoms with E-state index in [0.717, 1.165) is 10.0 Å². The molecule has 0 bridgehead atoms. The first kappa shape index (κ1) is 14.7. The molecule has 0 aliphatic rings. The highest BCUT2D eigenvalue weighted by Gasteiger charge is 2.08. The minimum atomic E-state index is -0.343. The van der Waals surface area contributed by atoms with Gasteiger partial charge in [0.05, 0.1) is 0 Å². The lowest BCUT2D eigenvalue weighted by Crippen LogP contribution is -2.23. The molecule has 0 saturated carbocycles. The molecule has 0 atom stereocenters. The van der Waals surface area contributed by atoms with Crippen LogP contribution in [0, 0.1) is 5.82 Å². The quantitative estimate of drug-likeness (QED) is 0.901. The van der Waals surface area contributed by atoms with Gasteiger partial charge < -0.3 is 11.1 Å². The van der Waals surface area contributed by atoms with Gasteiger partial charge in [0, 0.05) is 28.7 Å². The standard InChI is InChI=1S/C15H14BrFN2O/c16-13-4-5-14(17)12(7-13)9-19-15(20)11-3-1-2-10(6-11)8-18/h1-7H,8-9,18H2,(H,19,20). The molecule has 1 amide bonds. The maximum absolute atomic E-state index is 13.6. The number of rotatable bonds is 4. The van der Waals surface area contributed by atoms with Crippen molar-refractivity contribution in [3.63, 3.8) is 0 Å².